The van der Waals surface area contributed by atoms with Crippen LogP contribution >= 0.6 is 15.9 Å². The molecule has 1 aromatic heterocycles. The van der Waals surface area contributed by atoms with Crippen molar-refractivity contribution in [3.8, 4) is 5.75 Å². The predicted molar refractivity (Wildman–Crippen MR) is 106 cm³/mol. The molecule has 132 valence electrons. The molecule has 5 nitrogen and oxygen atoms in total. The van der Waals surface area contributed by atoms with E-state index in [4.69, 9.17) is 9.15 Å². The molecular weight excluding hydrogens is 396 g/mol. The molecule has 0 fully saturated rings. The number of benzene rings is 2. The second kappa shape index (κ2) is 8.49. The van der Waals surface area contributed by atoms with Gasteiger partial charge in [0.15, 0.2) is 6.61 Å². The summed E-state index contributed by atoms with van der Waals surface area (Å²) < 4.78 is 11.8. The molecule has 0 aliphatic rings. The molecular formula is C20H17BrN2O3. The molecule has 1 heterocycles. The molecule has 1 N–H and O–H groups in total. The van der Waals surface area contributed by atoms with Gasteiger partial charge in [-0.1, -0.05) is 40.2 Å². The summed E-state index contributed by atoms with van der Waals surface area (Å²) in [7, 11) is 0. The zero-order chi connectivity index (χ0) is 18.4. The fourth-order valence-corrected chi connectivity index (χ4v) is 2.79. The van der Waals surface area contributed by atoms with E-state index in [1.54, 1.807) is 31.4 Å². The highest BCUT2D eigenvalue weighted by Crippen LogP contribution is 2.31. The Kier molecular flexibility index (Phi) is 5.86. The highest BCUT2D eigenvalue weighted by atomic mass is 79.9. The predicted octanol–water partition coefficient (Wildman–Crippen LogP) is 4.78. The zero-order valence-corrected chi connectivity index (χ0v) is 15.7. The van der Waals surface area contributed by atoms with Crippen molar-refractivity contribution in [2.45, 2.75) is 6.92 Å². The molecule has 0 bridgehead atoms. The van der Waals surface area contributed by atoms with Crippen LogP contribution < -0.4 is 10.2 Å². The number of nitrogens with one attached hydrogen (secondary N) is 1. The van der Waals surface area contributed by atoms with Crippen molar-refractivity contribution in [3.05, 3.63) is 71.1 Å². The second-order valence-corrected chi connectivity index (χ2v) is 6.37. The van der Waals surface area contributed by atoms with Gasteiger partial charge in [0.25, 0.3) is 5.91 Å². The Labute approximate surface area is 159 Å². The lowest BCUT2D eigenvalue weighted by Gasteiger charge is -2.09. The Morgan fingerprint density at radius 1 is 1.19 bits per heavy atom. The monoisotopic (exact) mass is 412 g/mol. The number of fused-ring (bicyclic) bond motifs is 1. The van der Waals surface area contributed by atoms with Crippen LogP contribution in [0.15, 0.2) is 74.9 Å². The molecule has 26 heavy (non-hydrogen) atoms. The van der Waals surface area contributed by atoms with Gasteiger partial charge in [-0.15, -0.1) is 0 Å². The minimum absolute atomic E-state index is 0.121. The quantitative estimate of drug-likeness (QED) is 0.467. The highest BCUT2D eigenvalue weighted by molar-refractivity contribution is 9.10. The number of rotatable bonds is 6. The normalized spacial score (nSPS) is 11.8. The fourth-order valence-electron chi connectivity index (χ4n) is 2.31. The van der Waals surface area contributed by atoms with Gasteiger partial charge in [-0.25, -0.2) is 5.43 Å². The number of allylic oxidation sites excluding steroid dienone is 1. The van der Waals surface area contributed by atoms with E-state index in [9.17, 15) is 4.79 Å². The SMILES string of the molecule is CC(/C=C/c1ccco1)=N/NC(=O)COc1ccc(Br)c2ccccc12. The molecule has 0 unspecified atom stereocenters. The number of amides is 1. The summed E-state index contributed by atoms with van der Waals surface area (Å²) >= 11 is 3.52. The van der Waals surface area contributed by atoms with Crippen molar-refractivity contribution in [3.63, 3.8) is 0 Å². The third kappa shape index (κ3) is 4.61. The van der Waals surface area contributed by atoms with Gasteiger partial charge in [-0.3, -0.25) is 4.79 Å². The molecule has 3 rings (SSSR count). The largest absolute Gasteiger partial charge is 0.483 e. The Morgan fingerprint density at radius 3 is 2.77 bits per heavy atom. The van der Waals surface area contributed by atoms with Crippen LogP contribution in [0.1, 0.15) is 12.7 Å². The molecule has 0 radical (unpaired) electrons. The summed E-state index contributed by atoms with van der Waals surface area (Å²) in [6, 6.07) is 15.2. The van der Waals surface area contributed by atoms with Gasteiger partial charge in [-0.2, -0.15) is 5.10 Å². The van der Waals surface area contributed by atoms with Crippen molar-refractivity contribution < 1.29 is 13.9 Å². The number of hydrogen-bond acceptors (Lipinski definition) is 4. The number of halogens is 1. The molecule has 1 amide bonds. The minimum atomic E-state index is -0.331. The second-order valence-electron chi connectivity index (χ2n) is 5.52. The van der Waals surface area contributed by atoms with Crippen LogP contribution in [0.4, 0.5) is 0 Å². The standard InChI is InChI=1S/C20H17BrN2O3/c1-14(8-9-15-5-4-12-25-15)22-23-20(24)13-26-19-11-10-18(21)16-6-2-3-7-17(16)19/h2-12H,13H2,1H3,(H,23,24)/b9-8+,22-14-. The van der Waals surface area contributed by atoms with E-state index in [0.717, 1.165) is 21.0 Å². The zero-order valence-electron chi connectivity index (χ0n) is 14.1. The summed E-state index contributed by atoms with van der Waals surface area (Å²) in [6.07, 6.45) is 5.12. The van der Waals surface area contributed by atoms with Crippen molar-refractivity contribution in [2.24, 2.45) is 5.10 Å². The van der Waals surface area contributed by atoms with E-state index >= 15 is 0 Å². The number of carbonyl (C=O) groups excluding carboxylic acids is 1. The van der Waals surface area contributed by atoms with E-state index in [1.807, 2.05) is 42.5 Å². The van der Waals surface area contributed by atoms with E-state index in [-0.39, 0.29) is 12.5 Å². The third-order valence-corrected chi connectivity index (χ3v) is 4.27. The average Bonchev–Trinajstić information content (AvgIpc) is 3.18. The molecule has 0 aliphatic heterocycles. The number of nitrogens with zero attached hydrogens (tertiary/aromatic N) is 1. The van der Waals surface area contributed by atoms with Gasteiger partial charge in [-0.05, 0) is 48.7 Å². The van der Waals surface area contributed by atoms with E-state index < -0.39 is 0 Å². The van der Waals surface area contributed by atoms with E-state index in [1.165, 1.54) is 0 Å². The number of ether oxygens (including phenoxy) is 1. The molecule has 3 aromatic rings. The maximum absolute atomic E-state index is 12.0. The first-order chi connectivity index (χ1) is 12.6. The molecule has 6 heteroatoms. The van der Waals surface area contributed by atoms with Gasteiger partial charge in [0.05, 0.1) is 12.0 Å². The lowest BCUT2D eigenvalue weighted by molar-refractivity contribution is -0.123. The minimum Gasteiger partial charge on any atom is -0.483 e. The third-order valence-electron chi connectivity index (χ3n) is 3.58. The van der Waals surface area contributed by atoms with Gasteiger partial charge >= 0.3 is 0 Å². The molecule has 2 aromatic carbocycles. The number of carbonyl (C=O) groups is 1. The number of hydrazone groups is 1. The maximum Gasteiger partial charge on any atom is 0.277 e. The van der Waals surface area contributed by atoms with Gasteiger partial charge in [0.1, 0.15) is 11.5 Å². The molecule has 0 spiro atoms. The highest BCUT2D eigenvalue weighted by Gasteiger charge is 2.07. The van der Waals surface area contributed by atoms with Crippen LogP contribution in [0.5, 0.6) is 5.75 Å². The summed E-state index contributed by atoms with van der Waals surface area (Å²) in [6.45, 7) is 1.66. The molecule has 0 saturated carbocycles. The van der Waals surface area contributed by atoms with Gasteiger partial charge < -0.3 is 9.15 Å². The Balaban J connectivity index is 1.58. The lowest BCUT2D eigenvalue weighted by atomic mass is 10.1. The van der Waals surface area contributed by atoms with Crippen LogP contribution in [0, 0.1) is 0 Å². The van der Waals surface area contributed by atoms with Crippen molar-refractivity contribution >= 4 is 44.4 Å². The van der Waals surface area contributed by atoms with Gasteiger partial charge in [0.2, 0.25) is 0 Å². The van der Waals surface area contributed by atoms with E-state index in [0.29, 0.717) is 11.5 Å². The molecule has 0 aliphatic carbocycles. The summed E-state index contributed by atoms with van der Waals surface area (Å²) in [5.41, 5.74) is 3.12. The average molecular weight is 413 g/mol. The van der Waals surface area contributed by atoms with Crippen LogP contribution in [-0.4, -0.2) is 18.2 Å². The summed E-state index contributed by atoms with van der Waals surface area (Å²) in [5, 5.41) is 5.98. The number of furan rings is 1. The smallest absolute Gasteiger partial charge is 0.277 e. The molecule has 0 atom stereocenters. The number of hydrogen-bond donors (Lipinski definition) is 1. The van der Waals surface area contributed by atoms with Gasteiger partial charge in [0, 0.05) is 9.86 Å². The van der Waals surface area contributed by atoms with Crippen LogP contribution in [0.3, 0.4) is 0 Å². The van der Waals surface area contributed by atoms with Crippen LogP contribution in [0.25, 0.3) is 16.8 Å². The van der Waals surface area contributed by atoms with Crippen molar-refractivity contribution in [1.29, 1.82) is 0 Å². The van der Waals surface area contributed by atoms with Crippen molar-refractivity contribution in [1.82, 2.24) is 5.43 Å². The fraction of sp³-hybridized carbons (Fsp3) is 0.100. The van der Waals surface area contributed by atoms with Crippen LogP contribution in [0.2, 0.25) is 0 Å². The first-order valence-electron chi connectivity index (χ1n) is 7.98. The maximum atomic E-state index is 12.0. The topological polar surface area (TPSA) is 63.8 Å². The summed E-state index contributed by atoms with van der Waals surface area (Å²) in [5.74, 6) is 1.04. The molecule has 0 saturated heterocycles. The first kappa shape index (κ1) is 17.9. The van der Waals surface area contributed by atoms with E-state index in [2.05, 4.69) is 26.5 Å². The lowest BCUT2D eigenvalue weighted by Crippen LogP contribution is -2.25. The van der Waals surface area contributed by atoms with Crippen molar-refractivity contribution in [2.75, 3.05) is 6.61 Å². The first-order valence-corrected chi connectivity index (χ1v) is 8.77. The Bertz CT molecular complexity index is 962. The Morgan fingerprint density at radius 2 is 2.00 bits per heavy atom. The Hall–Kier alpha value is -2.86. The summed E-state index contributed by atoms with van der Waals surface area (Å²) in [4.78, 5) is 12.0. The van der Waals surface area contributed by atoms with Crippen LogP contribution in [-0.2, 0) is 4.79 Å².